The molecule has 1 amide bonds. The Kier molecular flexibility index (Phi) is 5.98. The predicted octanol–water partition coefficient (Wildman–Crippen LogP) is 5.32. The molecule has 6 nitrogen and oxygen atoms in total. The second-order valence-electron chi connectivity index (χ2n) is 5.93. The summed E-state index contributed by atoms with van der Waals surface area (Å²) in [5.41, 5.74) is 0.538. The average molecular weight is 488 g/mol. The Morgan fingerprint density at radius 2 is 2.14 bits per heavy atom. The molecule has 9 heteroatoms. The molecule has 3 heterocycles. The summed E-state index contributed by atoms with van der Waals surface area (Å²) in [7, 11) is 0. The topological polar surface area (TPSA) is 78.4 Å². The van der Waals surface area contributed by atoms with Crippen LogP contribution in [0.25, 0.3) is 6.08 Å². The zero-order chi connectivity index (χ0) is 20.2. The summed E-state index contributed by atoms with van der Waals surface area (Å²) in [6.07, 6.45) is 4.86. The molecule has 0 aliphatic carbocycles. The first-order valence-electron chi connectivity index (χ1n) is 8.47. The van der Waals surface area contributed by atoms with E-state index in [1.807, 2.05) is 17.5 Å². The third-order valence-electron chi connectivity index (χ3n) is 3.93. The van der Waals surface area contributed by atoms with Crippen molar-refractivity contribution < 1.29 is 14.3 Å². The van der Waals surface area contributed by atoms with E-state index in [4.69, 9.17) is 4.42 Å². The van der Waals surface area contributed by atoms with Gasteiger partial charge in [-0.15, -0.1) is 16.4 Å². The van der Waals surface area contributed by atoms with E-state index < -0.39 is 0 Å². The van der Waals surface area contributed by atoms with Crippen molar-refractivity contribution in [2.75, 3.05) is 0 Å². The van der Waals surface area contributed by atoms with E-state index in [1.165, 1.54) is 16.7 Å². The lowest BCUT2D eigenvalue weighted by molar-refractivity contribution is -0.122. The minimum absolute atomic E-state index is 0.0905. The van der Waals surface area contributed by atoms with Crippen LogP contribution in [-0.2, 0) is 11.3 Å². The lowest BCUT2D eigenvalue weighted by atomic mass is 10.2. The van der Waals surface area contributed by atoms with Crippen LogP contribution in [0.2, 0.25) is 0 Å². The highest BCUT2D eigenvalue weighted by atomic mass is 79.9. The van der Waals surface area contributed by atoms with Crippen molar-refractivity contribution in [3.05, 3.63) is 79.7 Å². The van der Waals surface area contributed by atoms with Crippen LogP contribution in [0.5, 0.6) is 5.75 Å². The van der Waals surface area contributed by atoms with Crippen molar-refractivity contribution in [3.8, 4) is 5.75 Å². The van der Waals surface area contributed by atoms with Gasteiger partial charge in [0.05, 0.1) is 23.9 Å². The molecular formula is C20H14BrN3O3S2. The molecule has 1 N–H and O–H groups in total. The minimum atomic E-state index is -0.226. The standard InChI is InChI=1S/C20H14BrN3O3S2/c21-14-5-6-17(25)13(9-14)10-18-19(26)24(12-15-3-1-7-27-15)20(29-18)23-22-11-16-4-2-8-28-16/h1-11,25H,12H2/b18-10-,22-11+,23-20-. The molecule has 1 fully saturated rings. The summed E-state index contributed by atoms with van der Waals surface area (Å²) in [6.45, 7) is 0.244. The molecule has 4 rings (SSSR count). The first kappa shape index (κ1) is 19.7. The van der Waals surface area contributed by atoms with Gasteiger partial charge in [-0.05, 0) is 59.6 Å². The van der Waals surface area contributed by atoms with Gasteiger partial charge in [0.1, 0.15) is 11.5 Å². The zero-order valence-electron chi connectivity index (χ0n) is 14.9. The fourth-order valence-electron chi connectivity index (χ4n) is 2.56. The average Bonchev–Trinajstić information content (AvgIpc) is 3.45. The second-order valence-corrected chi connectivity index (χ2v) is 8.83. The van der Waals surface area contributed by atoms with Crippen LogP contribution in [0.3, 0.4) is 0 Å². The molecule has 146 valence electrons. The number of nitrogens with zero attached hydrogens (tertiary/aromatic N) is 3. The fraction of sp³-hybridized carbons (Fsp3) is 0.0500. The van der Waals surface area contributed by atoms with Gasteiger partial charge in [-0.25, -0.2) is 0 Å². The maximum atomic E-state index is 13.0. The molecule has 2 aromatic heterocycles. The minimum Gasteiger partial charge on any atom is -0.507 e. The maximum Gasteiger partial charge on any atom is 0.267 e. The smallest absolute Gasteiger partial charge is 0.267 e. The lowest BCUT2D eigenvalue weighted by Crippen LogP contribution is -2.28. The van der Waals surface area contributed by atoms with E-state index in [9.17, 15) is 9.90 Å². The van der Waals surface area contributed by atoms with Crippen LogP contribution in [0.15, 0.2) is 78.1 Å². The number of hydrogen-bond donors (Lipinski definition) is 1. The number of hydrogen-bond acceptors (Lipinski definition) is 7. The number of aromatic hydroxyl groups is 1. The Hall–Kier alpha value is -2.62. The molecular weight excluding hydrogens is 474 g/mol. The molecule has 0 bridgehead atoms. The summed E-state index contributed by atoms with van der Waals surface area (Å²) < 4.78 is 6.19. The third kappa shape index (κ3) is 4.69. The number of phenolic OH excluding ortho intramolecular Hbond substituents is 1. The largest absolute Gasteiger partial charge is 0.507 e. The lowest BCUT2D eigenvalue weighted by Gasteiger charge is -2.12. The molecule has 1 saturated heterocycles. The van der Waals surface area contributed by atoms with Gasteiger partial charge in [0.15, 0.2) is 5.17 Å². The van der Waals surface area contributed by atoms with Crippen molar-refractivity contribution in [1.82, 2.24) is 4.90 Å². The number of amidine groups is 1. The highest BCUT2D eigenvalue weighted by Crippen LogP contribution is 2.35. The molecule has 0 spiro atoms. The van der Waals surface area contributed by atoms with Crippen LogP contribution in [-0.4, -0.2) is 27.3 Å². The van der Waals surface area contributed by atoms with Crippen molar-refractivity contribution in [1.29, 1.82) is 0 Å². The number of amides is 1. The van der Waals surface area contributed by atoms with E-state index >= 15 is 0 Å². The summed E-state index contributed by atoms with van der Waals surface area (Å²) in [4.78, 5) is 15.9. The molecule has 0 unspecified atom stereocenters. The van der Waals surface area contributed by atoms with Crippen LogP contribution >= 0.6 is 39.0 Å². The third-order valence-corrected chi connectivity index (χ3v) is 6.23. The van der Waals surface area contributed by atoms with Crippen LogP contribution in [0, 0.1) is 0 Å². The highest BCUT2D eigenvalue weighted by Gasteiger charge is 2.34. The van der Waals surface area contributed by atoms with Crippen molar-refractivity contribution in [2.45, 2.75) is 6.54 Å². The number of rotatable bonds is 5. The zero-order valence-corrected chi connectivity index (χ0v) is 18.1. The van der Waals surface area contributed by atoms with E-state index in [-0.39, 0.29) is 18.2 Å². The SMILES string of the molecule is O=C1/C(=C/c2cc(Br)ccc2O)S/C(=N\N=C\c2cccs2)N1Cc1ccco1. The van der Waals surface area contributed by atoms with Gasteiger partial charge in [0.2, 0.25) is 0 Å². The molecule has 29 heavy (non-hydrogen) atoms. The Labute approximate surface area is 183 Å². The van der Waals surface area contributed by atoms with E-state index in [0.29, 0.717) is 21.4 Å². The summed E-state index contributed by atoms with van der Waals surface area (Å²) in [5, 5.41) is 20.9. The van der Waals surface area contributed by atoms with Gasteiger partial charge in [0.25, 0.3) is 5.91 Å². The van der Waals surface area contributed by atoms with E-state index in [0.717, 1.165) is 9.35 Å². The molecule has 0 radical (unpaired) electrons. The second kappa shape index (κ2) is 8.81. The van der Waals surface area contributed by atoms with E-state index in [2.05, 4.69) is 26.1 Å². The van der Waals surface area contributed by atoms with Gasteiger partial charge in [-0.2, -0.15) is 5.10 Å². The van der Waals surface area contributed by atoms with Crippen LogP contribution in [0.4, 0.5) is 0 Å². The van der Waals surface area contributed by atoms with Crippen molar-refractivity contribution >= 4 is 62.4 Å². The van der Waals surface area contributed by atoms with Crippen molar-refractivity contribution in [3.63, 3.8) is 0 Å². The van der Waals surface area contributed by atoms with Crippen LogP contribution < -0.4 is 0 Å². The first-order chi connectivity index (χ1) is 14.1. The van der Waals surface area contributed by atoms with Gasteiger partial charge < -0.3 is 9.52 Å². The predicted molar refractivity (Wildman–Crippen MR) is 120 cm³/mol. The fourth-order valence-corrected chi connectivity index (χ4v) is 4.45. The highest BCUT2D eigenvalue weighted by molar-refractivity contribution is 9.10. The molecule has 3 aromatic rings. The Balaban J connectivity index is 1.65. The normalized spacial score (nSPS) is 17.3. The monoisotopic (exact) mass is 487 g/mol. The first-order valence-corrected chi connectivity index (χ1v) is 11.0. The van der Waals surface area contributed by atoms with E-state index in [1.54, 1.807) is 60.2 Å². The maximum absolute atomic E-state index is 13.0. The van der Waals surface area contributed by atoms with Gasteiger partial charge in [-0.1, -0.05) is 22.0 Å². The number of carbonyl (C=O) groups is 1. The Morgan fingerprint density at radius 1 is 1.24 bits per heavy atom. The Bertz CT molecular complexity index is 1110. The molecule has 1 aromatic carbocycles. The number of thiophene rings is 1. The number of thioether (sulfide) groups is 1. The summed E-state index contributed by atoms with van der Waals surface area (Å²) in [6, 6.07) is 12.5. The number of carbonyl (C=O) groups excluding carboxylic acids is 1. The number of furan rings is 1. The molecule has 0 saturated carbocycles. The number of phenols is 1. The summed E-state index contributed by atoms with van der Waals surface area (Å²) in [5.74, 6) is 0.504. The van der Waals surface area contributed by atoms with Crippen LogP contribution in [0.1, 0.15) is 16.2 Å². The molecule has 0 atom stereocenters. The van der Waals surface area contributed by atoms with Gasteiger partial charge >= 0.3 is 0 Å². The molecule has 1 aliphatic rings. The van der Waals surface area contributed by atoms with Crippen molar-refractivity contribution in [2.24, 2.45) is 10.2 Å². The number of halogens is 1. The quantitative estimate of drug-likeness (QED) is 0.300. The molecule has 1 aliphatic heterocycles. The Morgan fingerprint density at radius 3 is 2.90 bits per heavy atom. The number of benzene rings is 1. The summed E-state index contributed by atoms with van der Waals surface area (Å²) >= 11 is 6.14. The van der Waals surface area contributed by atoms with Gasteiger partial charge in [-0.3, -0.25) is 9.69 Å². The van der Waals surface area contributed by atoms with Gasteiger partial charge in [0, 0.05) is 14.9 Å².